The van der Waals surface area contributed by atoms with E-state index in [4.69, 9.17) is 0 Å². The molecule has 0 fully saturated rings. The first kappa shape index (κ1) is 20.5. The lowest BCUT2D eigenvalue weighted by Gasteiger charge is -2.31. The lowest BCUT2D eigenvalue weighted by molar-refractivity contribution is 0.505. The summed E-state index contributed by atoms with van der Waals surface area (Å²) in [5, 5.41) is 0. The van der Waals surface area contributed by atoms with E-state index in [2.05, 4.69) is 77.5 Å². The fraction of sp³-hybridized carbons (Fsp3) is 0.280. The van der Waals surface area contributed by atoms with Gasteiger partial charge in [-0.25, -0.2) is 8.93 Å². The molecule has 0 aliphatic carbocycles. The third kappa shape index (κ3) is 5.40. The number of hydrogen-bond acceptors (Lipinski definition) is 1. The minimum absolute atomic E-state index is 0.0520. The average molecular weight is 392 g/mol. The maximum atomic E-state index is 13.0. The Labute approximate surface area is 171 Å². The summed E-state index contributed by atoms with van der Waals surface area (Å²) in [7, 11) is -1.17. The smallest absolute Gasteiger partial charge is 0.0976 e. The van der Waals surface area contributed by atoms with E-state index < -0.39 is 11.0 Å². The van der Waals surface area contributed by atoms with Crippen molar-refractivity contribution in [2.24, 2.45) is 0 Å². The van der Waals surface area contributed by atoms with E-state index in [9.17, 15) is 4.21 Å². The van der Waals surface area contributed by atoms with Crippen molar-refractivity contribution in [3.8, 4) is 0 Å². The zero-order valence-corrected chi connectivity index (χ0v) is 17.7. The van der Waals surface area contributed by atoms with Crippen LogP contribution in [-0.2, 0) is 17.4 Å². The molecule has 0 aliphatic rings. The van der Waals surface area contributed by atoms with E-state index in [1.54, 1.807) is 0 Å². The molecule has 146 valence electrons. The van der Waals surface area contributed by atoms with E-state index in [1.165, 1.54) is 11.1 Å². The highest BCUT2D eigenvalue weighted by Gasteiger charge is 2.30. The SMILES string of the molecule is CC(C)(C)S(=O)N[C@H](c1ccccc1)[C@H](Cc1ccccc1)c1ccccc1. The number of benzene rings is 3. The van der Waals surface area contributed by atoms with E-state index in [0.717, 1.165) is 12.0 Å². The molecule has 0 amide bonds. The average Bonchev–Trinajstić information content (AvgIpc) is 2.72. The van der Waals surface area contributed by atoms with Crippen LogP contribution in [0.5, 0.6) is 0 Å². The Kier molecular flexibility index (Phi) is 6.82. The molecule has 0 saturated heterocycles. The van der Waals surface area contributed by atoms with Gasteiger partial charge in [-0.1, -0.05) is 91.0 Å². The maximum absolute atomic E-state index is 13.0. The van der Waals surface area contributed by atoms with Crippen LogP contribution in [-0.4, -0.2) is 8.96 Å². The molecular formula is C25H29NOS. The van der Waals surface area contributed by atoms with Crippen molar-refractivity contribution in [2.45, 2.75) is 43.9 Å². The summed E-state index contributed by atoms with van der Waals surface area (Å²) in [5.74, 6) is 0.164. The van der Waals surface area contributed by atoms with Crippen molar-refractivity contribution in [1.82, 2.24) is 4.72 Å². The normalized spacial score (nSPS) is 15.0. The number of hydrogen-bond donors (Lipinski definition) is 1. The van der Waals surface area contributed by atoms with Crippen molar-refractivity contribution in [1.29, 1.82) is 0 Å². The molecule has 28 heavy (non-hydrogen) atoms. The predicted molar refractivity (Wildman–Crippen MR) is 120 cm³/mol. The van der Waals surface area contributed by atoms with Crippen LogP contribution in [0.2, 0.25) is 0 Å². The predicted octanol–water partition coefficient (Wildman–Crippen LogP) is 5.81. The lowest BCUT2D eigenvalue weighted by Crippen LogP contribution is -2.38. The first-order chi connectivity index (χ1) is 13.4. The Morgan fingerprint density at radius 1 is 0.750 bits per heavy atom. The van der Waals surface area contributed by atoms with Gasteiger partial charge in [0.15, 0.2) is 0 Å². The Balaban J connectivity index is 2.03. The molecule has 0 aliphatic heterocycles. The van der Waals surface area contributed by atoms with Crippen molar-refractivity contribution >= 4 is 11.0 Å². The van der Waals surface area contributed by atoms with Crippen LogP contribution in [0.1, 0.15) is 49.4 Å². The molecule has 3 atom stereocenters. The van der Waals surface area contributed by atoms with Crippen molar-refractivity contribution in [3.63, 3.8) is 0 Å². The molecule has 3 aromatic rings. The zero-order valence-electron chi connectivity index (χ0n) is 16.8. The van der Waals surface area contributed by atoms with Gasteiger partial charge in [-0.3, -0.25) is 0 Å². The standard InChI is InChI=1S/C25H29NOS/c1-25(2,3)28(27)26-24(22-17-11-6-12-18-22)23(21-15-9-5-10-16-21)19-20-13-7-4-8-14-20/h4-18,23-24,26H,19H2,1-3H3/t23-,24-,28?/m1/s1. The molecular weight excluding hydrogens is 362 g/mol. The van der Waals surface area contributed by atoms with Gasteiger partial charge in [-0.05, 0) is 43.9 Å². The highest BCUT2D eigenvalue weighted by atomic mass is 32.2. The van der Waals surface area contributed by atoms with Crippen LogP contribution >= 0.6 is 0 Å². The number of rotatable bonds is 7. The summed E-state index contributed by atoms with van der Waals surface area (Å²) < 4.78 is 16.2. The van der Waals surface area contributed by atoms with Gasteiger partial charge in [0.05, 0.1) is 21.8 Å². The van der Waals surface area contributed by atoms with E-state index in [1.807, 2.05) is 39.0 Å². The van der Waals surface area contributed by atoms with Crippen LogP contribution in [0.25, 0.3) is 0 Å². The second-order valence-electron chi connectivity index (χ2n) is 8.09. The van der Waals surface area contributed by atoms with Gasteiger partial charge < -0.3 is 0 Å². The quantitative estimate of drug-likeness (QED) is 0.541. The van der Waals surface area contributed by atoms with Crippen molar-refractivity contribution in [3.05, 3.63) is 108 Å². The Morgan fingerprint density at radius 3 is 1.71 bits per heavy atom. The molecule has 2 nitrogen and oxygen atoms in total. The Hall–Kier alpha value is -2.23. The number of nitrogens with one attached hydrogen (secondary N) is 1. The van der Waals surface area contributed by atoms with Gasteiger partial charge in [-0.15, -0.1) is 0 Å². The second-order valence-corrected chi connectivity index (χ2v) is 10.1. The van der Waals surface area contributed by atoms with Gasteiger partial charge in [-0.2, -0.15) is 0 Å². The van der Waals surface area contributed by atoms with Crippen LogP contribution in [0.4, 0.5) is 0 Å². The molecule has 1 N–H and O–H groups in total. The molecule has 0 aromatic heterocycles. The van der Waals surface area contributed by atoms with Crippen LogP contribution in [0.3, 0.4) is 0 Å². The van der Waals surface area contributed by atoms with Crippen LogP contribution < -0.4 is 4.72 Å². The molecule has 0 radical (unpaired) electrons. The molecule has 3 rings (SSSR count). The lowest BCUT2D eigenvalue weighted by atomic mass is 9.83. The van der Waals surface area contributed by atoms with Crippen LogP contribution in [0, 0.1) is 0 Å². The zero-order chi connectivity index (χ0) is 20.0. The van der Waals surface area contributed by atoms with Gasteiger partial charge in [0.2, 0.25) is 0 Å². The molecule has 0 saturated carbocycles. The molecule has 0 heterocycles. The summed E-state index contributed by atoms with van der Waals surface area (Å²) in [6.07, 6.45) is 0.874. The summed E-state index contributed by atoms with van der Waals surface area (Å²) >= 11 is 0. The first-order valence-corrected chi connectivity index (χ1v) is 10.9. The minimum Gasteiger partial charge on any atom is -0.242 e. The van der Waals surface area contributed by atoms with Gasteiger partial charge >= 0.3 is 0 Å². The maximum Gasteiger partial charge on any atom is 0.0976 e. The summed E-state index contributed by atoms with van der Waals surface area (Å²) in [6.45, 7) is 6.02. The van der Waals surface area contributed by atoms with Gasteiger partial charge in [0.1, 0.15) is 0 Å². The highest BCUT2D eigenvalue weighted by Crippen LogP contribution is 2.35. The third-order valence-electron chi connectivity index (χ3n) is 4.88. The van der Waals surface area contributed by atoms with Crippen molar-refractivity contribution < 1.29 is 4.21 Å². The van der Waals surface area contributed by atoms with Crippen molar-refractivity contribution in [2.75, 3.05) is 0 Å². The first-order valence-electron chi connectivity index (χ1n) is 9.77. The highest BCUT2D eigenvalue weighted by molar-refractivity contribution is 7.84. The monoisotopic (exact) mass is 391 g/mol. The van der Waals surface area contributed by atoms with E-state index >= 15 is 0 Å². The third-order valence-corrected chi connectivity index (χ3v) is 6.46. The molecule has 3 heteroatoms. The fourth-order valence-corrected chi connectivity index (χ4v) is 4.22. The molecule has 1 unspecified atom stereocenters. The topological polar surface area (TPSA) is 29.1 Å². The fourth-order valence-electron chi connectivity index (χ4n) is 3.33. The Bertz CT molecular complexity index is 873. The van der Waals surface area contributed by atoms with E-state index in [0.29, 0.717) is 0 Å². The van der Waals surface area contributed by atoms with Crippen LogP contribution in [0.15, 0.2) is 91.0 Å². The molecule has 3 aromatic carbocycles. The largest absolute Gasteiger partial charge is 0.242 e. The second kappa shape index (κ2) is 9.31. The molecule has 0 spiro atoms. The van der Waals surface area contributed by atoms with E-state index in [-0.39, 0.29) is 16.7 Å². The minimum atomic E-state index is -1.17. The molecule has 0 bridgehead atoms. The summed E-state index contributed by atoms with van der Waals surface area (Å²) in [4.78, 5) is 0. The van der Waals surface area contributed by atoms with Gasteiger partial charge in [0.25, 0.3) is 0 Å². The summed E-state index contributed by atoms with van der Waals surface area (Å²) in [6, 6.07) is 31.4. The van der Waals surface area contributed by atoms with Gasteiger partial charge in [0, 0.05) is 5.92 Å². The summed E-state index contributed by atoms with van der Waals surface area (Å²) in [5.41, 5.74) is 3.68. The Morgan fingerprint density at radius 2 is 1.21 bits per heavy atom.